The largest absolute Gasteiger partial charge is 0.433 e. The van der Waals surface area contributed by atoms with Gasteiger partial charge in [0.2, 0.25) is 0 Å². The van der Waals surface area contributed by atoms with Crippen LogP contribution in [0.2, 0.25) is 0 Å². The number of halogens is 3. The van der Waals surface area contributed by atoms with E-state index in [0.717, 1.165) is 44.0 Å². The minimum Gasteiger partial charge on any atom is -0.348 e. The normalized spacial score (nSPS) is 17.7. The van der Waals surface area contributed by atoms with Gasteiger partial charge in [0.1, 0.15) is 5.69 Å². The standard InChI is InChI=1S/C14H18F3N3O/c15-14(16,17)12-6-5-10(8-19-12)13(21)20-11(7-18)9-3-1-2-4-9/h5-6,8-9,11H,1-4,7,18H2,(H,20,21). The monoisotopic (exact) mass is 301 g/mol. The third kappa shape index (κ3) is 3.93. The first-order valence-corrected chi connectivity index (χ1v) is 6.96. The summed E-state index contributed by atoms with van der Waals surface area (Å²) < 4.78 is 37.2. The number of hydrogen-bond acceptors (Lipinski definition) is 3. The Kier molecular flexibility index (Phi) is 4.82. The minimum absolute atomic E-state index is 0.111. The van der Waals surface area contributed by atoms with Crippen LogP contribution in [0.25, 0.3) is 0 Å². The SMILES string of the molecule is NCC(NC(=O)c1ccc(C(F)(F)F)nc1)C1CCCC1. The highest BCUT2D eigenvalue weighted by atomic mass is 19.4. The highest BCUT2D eigenvalue weighted by Gasteiger charge is 2.32. The second-order valence-corrected chi connectivity index (χ2v) is 5.29. The van der Waals surface area contributed by atoms with Crippen molar-refractivity contribution in [2.45, 2.75) is 37.9 Å². The minimum atomic E-state index is -4.50. The molecule has 0 spiro atoms. The van der Waals surface area contributed by atoms with Crippen LogP contribution >= 0.6 is 0 Å². The van der Waals surface area contributed by atoms with E-state index in [4.69, 9.17) is 5.73 Å². The average molecular weight is 301 g/mol. The molecular weight excluding hydrogens is 283 g/mol. The number of alkyl halides is 3. The summed E-state index contributed by atoms with van der Waals surface area (Å²) in [5.41, 5.74) is 4.78. The fourth-order valence-corrected chi connectivity index (χ4v) is 2.68. The van der Waals surface area contributed by atoms with Crippen LogP contribution < -0.4 is 11.1 Å². The first-order chi connectivity index (χ1) is 9.91. The number of nitrogens with zero attached hydrogens (tertiary/aromatic N) is 1. The zero-order valence-corrected chi connectivity index (χ0v) is 11.5. The van der Waals surface area contributed by atoms with Crippen LogP contribution in [-0.2, 0) is 6.18 Å². The molecule has 3 N–H and O–H groups in total. The van der Waals surface area contributed by atoms with Gasteiger partial charge < -0.3 is 11.1 Å². The van der Waals surface area contributed by atoms with Crippen LogP contribution in [0.15, 0.2) is 18.3 Å². The third-order valence-corrected chi connectivity index (χ3v) is 3.86. The number of pyridine rings is 1. The Bertz CT molecular complexity index is 481. The molecule has 1 saturated carbocycles. The van der Waals surface area contributed by atoms with E-state index in [1.54, 1.807) is 0 Å². The number of nitrogens with two attached hydrogens (primary N) is 1. The van der Waals surface area contributed by atoms with Crippen LogP contribution in [-0.4, -0.2) is 23.5 Å². The lowest BCUT2D eigenvalue weighted by molar-refractivity contribution is -0.141. The van der Waals surface area contributed by atoms with E-state index in [9.17, 15) is 18.0 Å². The molecule has 0 saturated heterocycles. The fourth-order valence-electron chi connectivity index (χ4n) is 2.68. The number of nitrogens with one attached hydrogen (secondary N) is 1. The summed E-state index contributed by atoms with van der Waals surface area (Å²) in [7, 11) is 0. The van der Waals surface area contributed by atoms with Crippen LogP contribution in [0.3, 0.4) is 0 Å². The van der Waals surface area contributed by atoms with Gasteiger partial charge in [0, 0.05) is 18.8 Å². The first kappa shape index (κ1) is 15.8. The van der Waals surface area contributed by atoms with E-state index < -0.39 is 17.8 Å². The number of hydrogen-bond donors (Lipinski definition) is 2. The quantitative estimate of drug-likeness (QED) is 0.897. The molecule has 1 fully saturated rings. The van der Waals surface area contributed by atoms with Gasteiger partial charge in [-0.2, -0.15) is 13.2 Å². The summed E-state index contributed by atoms with van der Waals surface area (Å²) in [5.74, 6) is -0.0834. The summed E-state index contributed by atoms with van der Waals surface area (Å²) in [5, 5.41) is 2.80. The molecule has 0 bridgehead atoms. The molecule has 1 amide bonds. The molecule has 0 radical (unpaired) electrons. The van der Waals surface area contributed by atoms with Crippen molar-refractivity contribution in [1.29, 1.82) is 0 Å². The Labute approximate surface area is 120 Å². The number of carbonyl (C=O) groups is 1. The molecular formula is C14H18F3N3O. The van der Waals surface area contributed by atoms with Crippen molar-refractivity contribution in [3.05, 3.63) is 29.6 Å². The number of aromatic nitrogens is 1. The maximum Gasteiger partial charge on any atom is 0.433 e. The van der Waals surface area contributed by atoms with Gasteiger partial charge >= 0.3 is 6.18 Å². The predicted molar refractivity (Wildman–Crippen MR) is 71.5 cm³/mol. The molecule has 1 unspecified atom stereocenters. The number of amides is 1. The van der Waals surface area contributed by atoms with E-state index in [2.05, 4.69) is 10.3 Å². The van der Waals surface area contributed by atoms with Crippen molar-refractivity contribution >= 4 is 5.91 Å². The molecule has 1 aromatic heterocycles. The lowest BCUT2D eigenvalue weighted by Gasteiger charge is -2.23. The van der Waals surface area contributed by atoms with Gasteiger partial charge in [-0.05, 0) is 30.9 Å². The van der Waals surface area contributed by atoms with Crippen molar-refractivity contribution < 1.29 is 18.0 Å². The van der Waals surface area contributed by atoms with E-state index in [1.807, 2.05) is 0 Å². The lowest BCUT2D eigenvalue weighted by Crippen LogP contribution is -2.44. The lowest BCUT2D eigenvalue weighted by atomic mass is 9.98. The fraction of sp³-hybridized carbons (Fsp3) is 0.571. The maximum atomic E-state index is 12.4. The maximum absolute atomic E-state index is 12.4. The Morgan fingerprint density at radius 3 is 2.52 bits per heavy atom. The molecule has 21 heavy (non-hydrogen) atoms. The molecule has 4 nitrogen and oxygen atoms in total. The molecule has 0 aromatic carbocycles. The van der Waals surface area contributed by atoms with Crippen molar-refractivity contribution in [1.82, 2.24) is 10.3 Å². The Morgan fingerprint density at radius 2 is 2.05 bits per heavy atom. The summed E-state index contributed by atoms with van der Waals surface area (Å²) in [4.78, 5) is 15.3. The first-order valence-electron chi connectivity index (χ1n) is 6.96. The Hall–Kier alpha value is -1.63. The second kappa shape index (κ2) is 6.43. The van der Waals surface area contributed by atoms with Gasteiger partial charge in [0.25, 0.3) is 5.91 Å². The second-order valence-electron chi connectivity index (χ2n) is 5.29. The Morgan fingerprint density at radius 1 is 1.38 bits per heavy atom. The van der Waals surface area contributed by atoms with Gasteiger partial charge in [-0.15, -0.1) is 0 Å². The molecule has 1 aliphatic rings. The van der Waals surface area contributed by atoms with E-state index in [1.165, 1.54) is 0 Å². The van der Waals surface area contributed by atoms with E-state index in [-0.39, 0.29) is 11.6 Å². The summed E-state index contributed by atoms with van der Waals surface area (Å²) in [6.45, 7) is 0.324. The zero-order chi connectivity index (χ0) is 15.5. The van der Waals surface area contributed by atoms with Gasteiger partial charge in [-0.1, -0.05) is 12.8 Å². The molecule has 0 aliphatic heterocycles. The van der Waals surface area contributed by atoms with Crippen molar-refractivity contribution in [2.24, 2.45) is 11.7 Å². The van der Waals surface area contributed by atoms with Gasteiger partial charge in [-0.3, -0.25) is 9.78 Å². The molecule has 1 aromatic rings. The van der Waals surface area contributed by atoms with E-state index in [0.29, 0.717) is 12.5 Å². The zero-order valence-electron chi connectivity index (χ0n) is 11.5. The molecule has 7 heteroatoms. The van der Waals surface area contributed by atoms with Crippen LogP contribution in [0, 0.1) is 5.92 Å². The van der Waals surface area contributed by atoms with Crippen molar-refractivity contribution in [3.8, 4) is 0 Å². The molecule has 1 atom stereocenters. The van der Waals surface area contributed by atoms with Crippen molar-refractivity contribution in [2.75, 3.05) is 6.54 Å². The Balaban J connectivity index is 2.02. The average Bonchev–Trinajstić information content (AvgIpc) is 2.97. The highest BCUT2D eigenvalue weighted by molar-refractivity contribution is 5.94. The topological polar surface area (TPSA) is 68.0 Å². The third-order valence-electron chi connectivity index (χ3n) is 3.86. The molecule has 1 heterocycles. The molecule has 116 valence electrons. The van der Waals surface area contributed by atoms with Gasteiger partial charge in [0.05, 0.1) is 5.56 Å². The number of rotatable bonds is 4. The highest BCUT2D eigenvalue weighted by Crippen LogP contribution is 2.28. The summed E-state index contributed by atoms with van der Waals surface area (Å²) in [6.07, 6.45) is 0.734. The van der Waals surface area contributed by atoms with Crippen molar-refractivity contribution in [3.63, 3.8) is 0 Å². The van der Waals surface area contributed by atoms with Gasteiger partial charge in [0.15, 0.2) is 0 Å². The summed E-state index contributed by atoms with van der Waals surface area (Å²) in [6, 6.07) is 1.80. The van der Waals surface area contributed by atoms with Crippen LogP contribution in [0.5, 0.6) is 0 Å². The van der Waals surface area contributed by atoms with Gasteiger partial charge in [-0.25, -0.2) is 0 Å². The number of carbonyl (C=O) groups excluding carboxylic acids is 1. The van der Waals surface area contributed by atoms with Crippen LogP contribution in [0.1, 0.15) is 41.7 Å². The summed E-state index contributed by atoms with van der Waals surface area (Å²) >= 11 is 0. The van der Waals surface area contributed by atoms with E-state index >= 15 is 0 Å². The van der Waals surface area contributed by atoms with Crippen LogP contribution in [0.4, 0.5) is 13.2 Å². The molecule has 1 aliphatic carbocycles. The molecule has 2 rings (SSSR count). The predicted octanol–water partition coefficient (Wildman–Crippen LogP) is 2.35. The smallest absolute Gasteiger partial charge is 0.348 e.